The Balaban J connectivity index is 1.83. The van der Waals surface area contributed by atoms with Gasteiger partial charge in [0.1, 0.15) is 24.3 Å². The van der Waals surface area contributed by atoms with Crippen molar-refractivity contribution in [1.82, 2.24) is 9.97 Å². The summed E-state index contributed by atoms with van der Waals surface area (Å²) in [7, 11) is 0. The summed E-state index contributed by atoms with van der Waals surface area (Å²) >= 11 is 0. The largest absolute Gasteiger partial charge is 0.394 e. The van der Waals surface area contributed by atoms with Gasteiger partial charge in [-0.25, -0.2) is 9.97 Å². The third kappa shape index (κ3) is 1.65. The Morgan fingerprint density at radius 1 is 1.56 bits per heavy atom. The number of aliphatic hydroxyl groups excluding tert-OH is 2. The zero-order valence-corrected chi connectivity index (χ0v) is 9.65. The maximum absolute atomic E-state index is 9.73. The molecule has 1 saturated heterocycles. The van der Waals surface area contributed by atoms with Gasteiger partial charge >= 0.3 is 0 Å². The third-order valence-electron chi connectivity index (χ3n) is 3.29. The van der Waals surface area contributed by atoms with Crippen molar-refractivity contribution in [2.75, 3.05) is 29.2 Å². The van der Waals surface area contributed by atoms with E-state index in [1.54, 1.807) is 0 Å². The summed E-state index contributed by atoms with van der Waals surface area (Å²) < 4.78 is 5.59. The Morgan fingerprint density at radius 2 is 2.39 bits per heavy atom. The Morgan fingerprint density at radius 3 is 3.11 bits per heavy atom. The summed E-state index contributed by atoms with van der Waals surface area (Å²) in [6.45, 7) is 0.297. The second-order valence-electron chi connectivity index (χ2n) is 4.38. The van der Waals surface area contributed by atoms with Gasteiger partial charge in [-0.2, -0.15) is 0 Å². The van der Waals surface area contributed by atoms with Crippen LogP contribution >= 0.6 is 0 Å². The number of fused-ring (bicyclic) bond motifs is 1. The molecule has 3 rings (SSSR count). The van der Waals surface area contributed by atoms with Gasteiger partial charge in [-0.05, 0) is 0 Å². The summed E-state index contributed by atoms with van der Waals surface area (Å²) in [6.07, 6.45) is 0.293. The van der Waals surface area contributed by atoms with Crippen LogP contribution < -0.4 is 16.0 Å². The Hall–Kier alpha value is -1.64. The first-order valence-electron chi connectivity index (χ1n) is 5.76. The van der Waals surface area contributed by atoms with E-state index in [1.807, 2.05) is 4.90 Å². The highest BCUT2D eigenvalue weighted by Crippen LogP contribution is 2.36. The predicted molar refractivity (Wildman–Crippen MR) is 63.8 cm³/mol. The summed E-state index contributed by atoms with van der Waals surface area (Å²) in [4.78, 5) is 9.94. The Labute approximate surface area is 103 Å². The van der Waals surface area contributed by atoms with Crippen molar-refractivity contribution < 1.29 is 14.9 Å². The van der Waals surface area contributed by atoms with Gasteiger partial charge in [-0.15, -0.1) is 0 Å². The highest BCUT2D eigenvalue weighted by Gasteiger charge is 2.39. The summed E-state index contributed by atoms with van der Waals surface area (Å²) in [5.41, 5.74) is 6.43. The molecule has 0 aromatic carbocycles. The first-order chi connectivity index (χ1) is 8.70. The minimum absolute atomic E-state index is 0.197. The molecule has 8 heteroatoms. The van der Waals surface area contributed by atoms with Gasteiger partial charge in [0.2, 0.25) is 0 Å². The Kier molecular flexibility index (Phi) is 2.69. The van der Waals surface area contributed by atoms with Gasteiger partial charge in [-0.1, -0.05) is 0 Å². The monoisotopic (exact) mass is 253 g/mol. The molecule has 0 spiro atoms. The molecule has 1 aromatic rings. The van der Waals surface area contributed by atoms with E-state index in [4.69, 9.17) is 15.6 Å². The summed E-state index contributed by atoms with van der Waals surface area (Å²) in [5.74, 6) is 1.05. The van der Waals surface area contributed by atoms with Crippen molar-refractivity contribution in [2.24, 2.45) is 0 Å². The molecule has 1 fully saturated rings. The molecule has 0 saturated carbocycles. The molecule has 8 nitrogen and oxygen atoms in total. The van der Waals surface area contributed by atoms with Crippen LogP contribution in [-0.2, 0) is 4.74 Å². The standard InChI is InChI=1S/C10H15N5O3/c11-9-8-10(13-3-12-9)15(4-14-8)7-1-5(17)6(2-16)18-7/h3,5-7,14,16-17H,1-2,4H2,(H2,11,12,13). The molecule has 18 heavy (non-hydrogen) atoms. The maximum Gasteiger partial charge on any atom is 0.161 e. The lowest BCUT2D eigenvalue weighted by atomic mass is 10.2. The molecular formula is C10H15N5O3. The van der Waals surface area contributed by atoms with E-state index in [1.165, 1.54) is 6.33 Å². The van der Waals surface area contributed by atoms with Crippen LogP contribution in [0.1, 0.15) is 6.42 Å². The van der Waals surface area contributed by atoms with Crippen LogP contribution in [0.3, 0.4) is 0 Å². The quantitative estimate of drug-likeness (QED) is 0.514. The number of nitrogens with one attached hydrogen (secondary N) is 1. The molecule has 3 heterocycles. The molecule has 3 atom stereocenters. The molecule has 2 aliphatic heterocycles. The molecular weight excluding hydrogens is 238 g/mol. The van der Waals surface area contributed by atoms with E-state index in [-0.39, 0.29) is 12.8 Å². The molecule has 0 radical (unpaired) electrons. The van der Waals surface area contributed by atoms with Gasteiger partial charge in [0.15, 0.2) is 11.6 Å². The minimum atomic E-state index is -0.664. The molecule has 0 bridgehead atoms. The minimum Gasteiger partial charge on any atom is -0.394 e. The van der Waals surface area contributed by atoms with Crippen molar-refractivity contribution in [3.05, 3.63) is 6.33 Å². The predicted octanol–water partition coefficient (Wildman–Crippen LogP) is -1.28. The van der Waals surface area contributed by atoms with Crippen LogP contribution in [0.2, 0.25) is 0 Å². The number of nitrogens with zero attached hydrogens (tertiary/aromatic N) is 3. The first kappa shape index (κ1) is 11.5. The smallest absolute Gasteiger partial charge is 0.161 e. The van der Waals surface area contributed by atoms with E-state index in [9.17, 15) is 5.11 Å². The van der Waals surface area contributed by atoms with E-state index in [0.717, 1.165) is 0 Å². The first-order valence-corrected chi connectivity index (χ1v) is 5.76. The number of ether oxygens (including phenoxy) is 1. The normalized spacial score (nSPS) is 30.3. The SMILES string of the molecule is Nc1ncnc2c1NCN2C1CC(O)C(CO)O1. The van der Waals surface area contributed by atoms with Gasteiger partial charge in [-0.3, -0.25) is 0 Å². The molecule has 0 aliphatic carbocycles. The van der Waals surface area contributed by atoms with Crippen molar-refractivity contribution in [1.29, 1.82) is 0 Å². The maximum atomic E-state index is 9.73. The van der Waals surface area contributed by atoms with Gasteiger partial charge in [0.25, 0.3) is 0 Å². The zero-order valence-electron chi connectivity index (χ0n) is 9.65. The van der Waals surface area contributed by atoms with E-state index < -0.39 is 12.2 Å². The van der Waals surface area contributed by atoms with Crippen LogP contribution in [-0.4, -0.2) is 51.9 Å². The molecule has 3 unspecified atom stereocenters. The van der Waals surface area contributed by atoms with Crippen molar-refractivity contribution in [3.63, 3.8) is 0 Å². The van der Waals surface area contributed by atoms with Gasteiger partial charge in [0.05, 0.1) is 19.4 Å². The Bertz CT molecular complexity index is 457. The lowest BCUT2D eigenvalue weighted by molar-refractivity contribution is -0.0218. The molecule has 0 amide bonds. The average Bonchev–Trinajstić information content (AvgIpc) is 2.93. The highest BCUT2D eigenvalue weighted by molar-refractivity contribution is 5.79. The third-order valence-corrected chi connectivity index (χ3v) is 3.29. The lowest BCUT2D eigenvalue weighted by Crippen LogP contribution is -2.35. The van der Waals surface area contributed by atoms with Gasteiger partial charge in [0, 0.05) is 6.42 Å². The van der Waals surface area contributed by atoms with E-state index in [2.05, 4.69) is 15.3 Å². The van der Waals surface area contributed by atoms with Crippen LogP contribution in [0.25, 0.3) is 0 Å². The number of aromatic nitrogens is 2. The number of aliphatic hydroxyl groups is 2. The van der Waals surface area contributed by atoms with Gasteiger partial charge < -0.3 is 30.9 Å². The summed E-state index contributed by atoms with van der Waals surface area (Å²) in [6, 6.07) is 0. The topological polar surface area (TPSA) is 117 Å². The number of rotatable bonds is 2. The number of anilines is 3. The van der Waals surface area contributed by atoms with Crippen molar-refractivity contribution in [3.8, 4) is 0 Å². The average molecular weight is 253 g/mol. The fourth-order valence-electron chi connectivity index (χ4n) is 2.33. The van der Waals surface area contributed by atoms with E-state index >= 15 is 0 Å². The van der Waals surface area contributed by atoms with Crippen LogP contribution in [0.15, 0.2) is 6.33 Å². The molecule has 2 aliphatic rings. The van der Waals surface area contributed by atoms with Crippen LogP contribution in [0, 0.1) is 0 Å². The second-order valence-corrected chi connectivity index (χ2v) is 4.38. The molecule has 98 valence electrons. The molecule has 5 N–H and O–H groups in total. The lowest BCUT2D eigenvalue weighted by Gasteiger charge is -2.24. The number of nitrogen functional groups attached to an aromatic ring is 1. The number of nitrogens with two attached hydrogens (primary N) is 1. The van der Waals surface area contributed by atoms with E-state index in [0.29, 0.717) is 30.4 Å². The highest BCUT2D eigenvalue weighted by atomic mass is 16.5. The zero-order chi connectivity index (χ0) is 12.7. The molecule has 1 aromatic heterocycles. The van der Waals surface area contributed by atoms with Crippen LogP contribution in [0.5, 0.6) is 0 Å². The van der Waals surface area contributed by atoms with Crippen molar-refractivity contribution >= 4 is 17.3 Å². The summed E-state index contributed by atoms with van der Waals surface area (Å²) in [5, 5.41) is 21.9. The number of hydrogen-bond donors (Lipinski definition) is 4. The van der Waals surface area contributed by atoms with Crippen molar-refractivity contribution in [2.45, 2.75) is 24.9 Å². The van der Waals surface area contributed by atoms with Crippen LogP contribution in [0.4, 0.5) is 17.3 Å². The fraction of sp³-hybridized carbons (Fsp3) is 0.600. The second kappa shape index (κ2) is 4.23. The fourth-order valence-corrected chi connectivity index (χ4v) is 2.33. The number of hydrogen-bond acceptors (Lipinski definition) is 8.